The lowest BCUT2D eigenvalue weighted by molar-refractivity contribution is -0.140. The van der Waals surface area contributed by atoms with Crippen LogP contribution in [0.2, 0.25) is 5.02 Å². The Morgan fingerprint density at radius 3 is 2.44 bits per heavy atom. The van der Waals surface area contributed by atoms with E-state index in [1.54, 1.807) is 35.2 Å². The van der Waals surface area contributed by atoms with Crippen LogP contribution in [0.1, 0.15) is 65.7 Å². The molecule has 3 amide bonds. The lowest BCUT2D eigenvalue weighted by atomic mass is 9.89. The van der Waals surface area contributed by atoms with Crippen LogP contribution < -0.4 is 16.2 Å². The Bertz CT molecular complexity index is 2460. The molecule has 14 heteroatoms. The first-order valence-corrected chi connectivity index (χ1v) is 22.0. The number of piperidine rings is 1. The van der Waals surface area contributed by atoms with Gasteiger partial charge in [-0.05, 0) is 99.9 Å². The number of pyridine rings is 1. The summed E-state index contributed by atoms with van der Waals surface area (Å²) < 4.78 is 1.43. The van der Waals surface area contributed by atoms with Crippen molar-refractivity contribution in [2.75, 3.05) is 64.7 Å². The molecule has 4 heterocycles. The molecule has 1 unspecified atom stereocenters. The molecular formula is C47H55ClN8O5. The Balaban J connectivity index is 0.864. The van der Waals surface area contributed by atoms with E-state index in [2.05, 4.69) is 32.5 Å². The average Bonchev–Trinajstić information content (AvgIpc) is 3.27. The largest absolute Gasteiger partial charge is 0.388 e. The molecule has 0 bridgehead atoms. The number of carbonyl (C=O) groups is 3. The number of nitrogens with zero attached hydrogens (tertiary/aromatic N) is 6. The normalized spacial score (nSPS) is 17.5. The van der Waals surface area contributed by atoms with Crippen molar-refractivity contribution in [3.8, 4) is 0 Å². The Hall–Kier alpha value is -5.21. The first kappa shape index (κ1) is 42.5. The molecule has 320 valence electrons. The molecule has 2 aromatic heterocycles. The molecule has 1 aliphatic carbocycles. The van der Waals surface area contributed by atoms with Crippen LogP contribution in [0.5, 0.6) is 0 Å². The van der Waals surface area contributed by atoms with E-state index in [1.165, 1.54) is 10.9 Å². The number of anilines is 1. The molecule has 1 atom stereocenters. The smallest absolute Gasteiger partial charge is 0.261 e. The van der Waals surface area contributed by atoms with E-state index in [4.69, 9.17) is 16.6 Å². The zero-order valence-electron chi connectivity index (χ0n) is 34.9. The third kappa shape index (κ3) is 10.1. The van der Waals surface area contributed by atoms with Gasteiger partial charge >= 0.3 is 0 Å². The molecule has 3 aromatic carbocycles. The van der Waals surface area contributed by atoms with Crippen molar-refractivity contribution >= 4 is 56.8 Å². The fraction of sp³-hybridized carbons (Fsp3) is 0.447. The lowest BCUT2D eigenvalue weighted by Crippen LogP contribution is -2.51. The average molecular weight is 847 g/mol. The quantitative estimate of drug-likeness (QED) is 0.147. The number of fused-ring (bicyclic) bond motifs is 3. The van der Waals surface area contributed by atoms with Gasteiger partial charge in [0, 0.05) is 87.0 Å². The second-order valence-electron chi connectivity index (χ2n) is 17.1. The van der Waals surface area contributed by atoms with Gasteiger partial charge in [-0.2, -0.15) is 0 Å². The number of piperazine rings is 1. The Morgan fingerprint density at radius 1 is 0.902 bits per heavy atom. The maximum absolute atomic E-state index is 14.1. The summed E-state index contributed by atoms with van der Waals surface area (Å²) in [5.41, 5.74) is 3.92. The van der Waals surface area contributed by atoms with Gasteiger partial charge in [-0.25, -0.2) is 4.98 Å². The van der Waals surface area contributed by atoms with Gasteiger partial charge in [-0.1, -0.05) is 48.0 Å². The molecule has 0 radical (unpaired) electrons. The minimum atomic E-state index is -1.21. The Morgan fingerprint density at radius 2 is 1.66 bits per heavy atom. The van der Waals surface area contributed by atoms with Crippen molar-refractivity contribution in [3.63, 3.8) is 0 Å². The second-order valence-corrected chi connectivity index (χ2v) is 17.5. The fourth-order valence-electron chi connectivity index (χ4n) is 8.96. The van der Waals surface area contributed by atoms with Crippen LogP contribution in [0.25, 0.3) is 21.8 Å². The van der Waals surface area contributed by atoms with E-state index in [0.717, 1.165) is 79.1 Å². The predicted molar refractivity (Wildman–Crippen MR) is 238 cm³/mol. The SMILES string of the molecule is CN1CCN(CCC(=O)Nc2ccc3c(=O)n(CC4(O)CCN(C(=O)C(CCNC(=O)c5ccc6c(Cl)c7c(nc6c5)CCCC7)Cc5ccccc5)CC4)cnc3c2)CC1. The fourth-order valence-corrected chi connectivity index (χ4v) is 9.33. The first-order valence-electron chi connectivity index (χ1n) is 21.7. The Labute approximate surface area is 361 Å². The lowest BCUT2D eigenvalue weighted by Gasteiger charge is -2.39. The number of aromatic nitrogens is 3. The zero-order valence-corrected chi connectivity index (χ0v) is 35.6. The number of rotatable bonds is 13. The number of likely N-dealkylation sites (tertiary alicyclic amines) is 1. The van der Waals surface area contributed by atoms with E-state index < -0.39 is 11.5 Å². The number of carbonyl (C=O) groups excluding carboxylic acids is 3. The monoisotopic (exact) mass is 846 g/mol. The van der Waals surface area contributed by atoms with Gasteiger partial charge in [0.15, 0.2) is 0 Å². The van der Waals surface area contributed by atoms with Gasteiger partial charge in [0.05, 0.1) is 39.9 Å². The maximum atomic E-state index is 14.1. The molecule has 2 fully saturated rings. The summed E-state index contributed by atoms with van der Waals surface area (Å²) in [6.45, 7) is 5.59. The van der Waals surface area contributed by atoms with Gasteiger partial charge in [0.2, 0.25) is 11.8 Å². The summed E-state index contributed by atoms with van der Waals surface area (Å²) in [6.07, 6.45) is 7.36. The molecule has 3 N–H and O–H groups in total. The highest BCUT2D eigenvalue weighted by molar-refractivity contribution is 6.36. The summed E-state index contributed by atoms with van der Waals surface area (Å²) >= 11 is 6.77. The van der Waals surface area contributed by atoms with Crippen molar-refractivity contribution in [1.29, 1.82) is 0 Å². The Kier molecular flexibility index (Phi) is 13.1. The number of aliphatic hydroxyl groups is 1. The van der Waals surface area contributed by atoms with E-state index in [-0.39, 0.29) is 29.8 Å². The van der Waals surface area contributed by atoms with Crippen LogP contribution in [0.15, 0.2) is 77.9 Å². The number of likely N-dealkylation sites (N-methyl/N-ethyl adjacent to an activating group) is 1. The first-order chi connectivity index (χ1) is 29.5. The molecule has 5 aromatic rings. The van der Waals surface area contributed by atoms with Crippen molar-refractivity contribution in [2.24, 2.45) is 5.92 Å². The van der Waals surface area contributed by atoms with E-state index in [0.29, 0.717) is 86.0 Å². The molecule has 2 aliphatic heterocycles. The van der Waals surface area contributed by atoms with Gasteiger partial charge in [-0.3, -0.25) is 28.7 Å². The van der Waals surface area contributed by atoms with E-state index in [9.17, 15) is 24.3 Å². The maximum Gasteiger partial charge on any atom is 0.261 e. The van der Waals surface area contributed by atoms with Gasteiger partial charge in [-0.15, -0.1) is 0 Å². The second kappa shape index (κ2) is 18.8. The van der Waals surface area contributed by atoms with Crippen molar-refractivity contribution in [3.05, 3.63) is 111 Å². The zero-order chi connectivity index (χ0) is 42.5. The van der Waals surface area contributed by atoms with Crippen LogP contribution in [-0.4, -0.2) is 117 Å². The molecular weight excluding hydrogens is 792 g/mol. The van der Waals surface area contributed by atoms with Crippen molar-refractivity contribution in [1.82, 2.24) is 34.6 Å². The predicted octanol–water partition coefficient (Wildman–Crippen LogP) is 5.09. The number of amides is 3. The van der Waals surface area contributed by atoms with Crippen molar-refractivity contribution < 1.29 is 19.5 Å². The van der Waals surface area contributed by atoms with Crippen LogP contribution in [0, 0.1) is 5.92 Å². The molecule has 3 aliphatic rings. The number of halogens is 1. The van der Waals surface area contributed by atoms with Crippen LogP contribution in [-0.2, 0) is 35.4 Å². The summed E-state index contributed by atoms with van der Waals surface area (Å²) in [4.78, 5) is 69.6. The topological polar surface area (TPSA) is 153 Å². The highest BCUT2D eigenvalue weighted by Crippen LogP contribution is 2.33. The number of hydrogen-bond donors (Lipinski definition) is 3. The van der Waals surface area contributed by atoms with Gasteiger partial charge < -0.3 is 30.4 Å². The third-order valence-corrected chi connectivity index (χ3v) is 13.2. The van der Waals surface area contributed by atoms with Gasteiger partial charge in [0.1, 0.15) is 0 Å². The van der Waals surface area contributed by atoms with Crippen LogP contribution >= 0.6 is 11.6 Å². The van der Waals surface area contributed by atoms with Crippen LogP contribution in [0.4, 0.5) is 5.69 Å². The summed E-state index contributed by atoms with van der Waals surface area (Å²) in [5, 5.41) is 19.7. The highest BCUT2D eigenvalue weighted by atomic mass is 35.5. The summed E-state index contributed by atoms with van der Waals surface area (Å²) in [5.74, 6) is -0.739. The molecule has 2 saturated heterocycles. The minimum absolute atomic E-state index is 0.0266. The third-order valence-electron chi connectivity index (χ3n) is 12.7. The van der Waals surface area contributed by atoms with Crippen LogP contribution in [0.3, 0.4) is 0 Å². The molecule has 0 saturated carbocycles. The minimum Gasteiger partial charge on any atom is -0.388 e. The molecule has 8 rings (SSSR count). The molecule has 13 nitrogen and oxygen atoms in total. The number of aryl methyl sites for hydroxylation is 1. The molecule has 0 spiro atoms. The van der Waals surface area contributed by atoms with E-state index >= 15 is 0 Å². The number of nitrogens with one attached hydrogen (secondary N) is 2. The van der Waals surface area contributed by atoms with E-state index in [1.807, 2.05) is 36.4 Å². The number of benzene rings is 3. The summed E-state index contributed by atoms with van der Waals surface area (Å²) in [6, 6.07) is 20.4. The highest BCUT2D eigenvalue weighted by Gasteiger charge is 2.36. The summed E-state index contributed by atoms with van der Waals surface area (Å²) in [7, 11) is 2.10. The standard InChI is InChI=1S/C47H55ClN8O5/c1-53-23-25-54(26-24-53)20-16-42(57)51-35-12-14-38-40(29-35)50-31-56(46(38)60)30-47(61)17-21-55(22-18-47)45(59)34(27-32-7-3-2-4-8-32)15-19-49-44(58)33-11-13-37-41(28-33)52-39-10-6-5-9-36(39)43(37)48/h2-4,7-8,11-14,28-29,31,34,61H,5-6,9-10,15-27,30H2,1H3,(H,49,58)(H,51,57). The molecule has 61 heavy (non-hydrogen) atoms. The van der Waals surface area contributed by atoms with Crippen molar-refractivity contribution in [2.45, 2.75) is 69.9 Å². The number of hydrogen-bond acceptors (Lipinski definition) is 9. The van der Waals surface area contributed by atoms with Gasteiger partial charge in [0.25, 0.3) is 11.5 Å².